The summed E-state index contributed by atoms with van der Waals surface area (Å²) >= 11 is 0. The summed E-state index contributed by atoms with van der Waals surface area (Å²) in [6.45, 7) is -0.466. The molecule has 1 aliphatic heterocycles. The molecule has 148 valence electrons. The largest absolute Gasteiger partial charge is 0.325 e. The van der Waals surface area contributed by atoms with Crippen molar-refractivity contribution in [2.45, 2.75) is 4.90 Å². The zero-order chi connectivity index (χ0) is 21.3. The number of hydrogen-bond donors (Lipinski definition) is 1. The molecule has 0 aliphatic carbocycles. The van der Waals surface area contributed by atoms with Crippen molar-refractivity contribution in [3.05, 3.63) is 59.2 Å². The van der Waals surface area contributed by atoms with Crippen molar-refractivity contribution in [1.29, 1.82) is 5.26 Å². The van der Waals surface area contributed by atoms with E-state index in [-0.39, 0.29) is 21.7 Å². The summed E-state index contributed by atoms with van der Waals surface area (Å²) in [5.74, 6) is -1.51. The van der Waals surface area contributed by atoms with Gasteiger partial charge in [0.1, 0.15) is 0 Å². The van der Waals surface area contributed by atoms with Crippen LogP contribution < -0.4 is 5.32 Å². The number of hydrogen-bond acceptors (Lipinski definition) is 6. The number of rotatable bonds is 5. The van der Waals surface area contributed by atoms with Crippen LogP contribution in [0.25, 0.3) is 0 Å². The first-order chi connectivity index (χ1) is 13.6. The lowest BCUT2D eigenvalue weighted by Crippen LogP contribution is -2.35. The molecule has 9 nitrogen and oxygen atoms in total. The summed E-state index contributed by atoms with van der Waals surface area (Å²) < 4.78 is 26.0. The van der Waals surface area contributed by atoms with Crippen molar-refractivity contribution in [2.75, 3.05) is 26.0 Å². The van der Waals surface area contributed by atoms with E-state index < -0.39 is 34.3 Å². The zero-order valence-electron chi connectivity index (χ0n) is 15.5. The van der Waals surface area contributed by atoms with Crippen molar-refractivity contribution in [3.63, 3.8) is 0 Å². The average Bonchev–Trinajstić information content (AvgIpc) is 2.91. The van der Waals surface area contributed by atoms with Crippen molar-refractivity contribution < 1.29 is 22.8 Å². The minimum atomic E-state index is -3.93. The number of amides is 3. The second-order valence-electron chi connectivity index (χ2n) is 6.38. The lowest BCUT2D eigenvalue weighted by Gasteiger charge is -2.17. The van der Waals surface area contributed by atoms with Crippen LogP contribution in [0.15, 0.2) is 47.4 Å². The Balaban J connectivity index is 1.71. The number of anilines is 1. The molecule has 0 radical (unpaired) electrons. The highest BCUT2D eigenvalue weighted by atomic mass is 32.2. The molecule has 1 aliphatic rings. The molecule has 0 spiro atoms. The number of nitrogens with zero attached hydrogens (tertiary/aromatic N) is 3. The molecule has 0 atom stereocenters. The molecular formula is C19H16N4O5S. The Labute approximate surface area is 167 Å². The third-order valence-electron chi connectivity index (χ3n) is 4.43. The fraction of sp³-hybridized carbons (Fsp3) is 0.158. The Morgan fingerprint density at radius 1 is 1.10 bits per heavy atom. The summed E-state index contributed by atoms with van der Waals surface area (Å²) in [5.41, 5.74) is 1.01. The van der Waals surface area contributed by atoms with E-state index >= 15 is 0 Å². The molecule has 3 rings (SSSR count). The van der Waals surface area contributed by atoms with Crippen molar-refractivity contribution in [3.8, 4) is 6.07 Å². The number of imide groups is 1. The highest BCUT2D eigenvalue weighted by molar-refractivity contribution is 7.89. The van der Waals surface area contributed by atoms with E-state index in [0.29, 0.717) is 5.56 Å². The molecule has 1 N–H and O–H groups in total. The lowest BCUT2D eigenvalue weighted by atomic mass is 10.1. The molecular weight excluding hydrogens is 396 g/mol. The molecule has 29 heavy (non-hydrogen) atoms. The number of carbonyl (C=O) groups excluding carboxylic acids is 3. The van der Waals surface area contributed by atoms with Crippen molar-refractivity contribution in [2.24, 2.45) is 0 Å². The highest BCUT2D eigenvalue weighted by Gasteiger charge is 2.33. The van der Waals surface area contributed by atoms with Gasteiger partial charge in [-0.25, -0.2) is 8.42 Å². The minimum Gasteiger partial charge on any atom is -0.325 e. The number of fused-ring (bicyclic) bond motifs is 1. The molecule has 0 fully saturated rings. The summed E-state index contributed by atoms with van der Waals surface area (Å²) in [6, 6.07) is 11.5. The molecule has 0 saturated heterocycles. The second kappa shape index (κ2) is 7.46. The van der Waals surface area contributed by atoms with Gasteiger partial charge in [0.15, 0.2) is 0 Å². The molecule has 1 heterocycles. The van der Waals surface area contributed by atoms with Gasteiger partial charge in [-0.1, -0.05) is 0 Å². The van der Waals surface area contributed by atoms with Crippen LogP contribution in [-0.2, 0) is 14.8 Å². The fourth-order valence-electron chi connectivity index (χ4n) is 2.81. The van der Waals surface area contributed by atoms with E-state index in [2.05, 4.69) is 5.32 Å². The third kappa shape index (κ3) is 3.73. The highest BCUT2D eigenvalue weighted by Crippen LogP contribution is 2.24. The summed E-state index contributed by atoms with van der Waals surface area (Å²) in [4.78, 5) is 37.2. The quantitative estimate of drug-likeness (QED) is 0.731. The smallest absolute Gasteiger partial charge is 0.261 e. The normalized spacial score (nSPS) is 13.4. The Kier molecular flexibility index (Phi) is 5.19. The van der Waals surface area contributed by atoms with Crippen molar-refractivity contribution in [1.82, 2.24) is 9.21 Å². The maximum atomic E-state index is 12.6. The Morgan fingerprint density at radius 3 is 2.34 bits per heavy atom. The molecule has 0 saturated carbocycles. The van der Waals surface area contributed by atoms with Crippen LogP contribution in [0, 0.1) is 11.3 Å². The summed E-state index contributed by atoms with van der Waals surface area (Å²) in [6.07, 6.45) is 0. The Morgan fingerprint density at radius 2 is 1.72 bits per heavy atom. The summed E-state index contributed by atoms with van der Waals surface area (Å²) in [7, 11) is -1.30. The first-order valence-corrected chi connectivity index (χ1v) is 9.82. The van der Waals surface area contributed by atoms with E-state index in [9.17, 15) is 22.8 Å². The fourth-order valence-corrected chi connectivity index (χ4v) is 3.94. The second-order valence-corrected chi connectivity index (χ2v) is 8.42. The van der Waals surface area contributed by atoms with E-state index in [1.54, 1.807) is 0 Å². The van der Waals surface area contributed by atoms with Gasteiger partial charge in [-0.05, 0) is 42.5 Å². The Bertz CT molecular complexity index is 1170. The number of carbonyl (C=O) groups is 3. The number of sulfonamides is 1. The maximum Gasteiger partial charge on any atom is 0.261 e. The van der Waals surface area contributed by atoms with Gasteiger partial charge in [0, 0.05) is 19.8 Å². The van der Waals surface area contributed by atoms with Crippen LogP contribution in [0.1, 0.15) is 26.3 Å². The molecule has 3 amide bonds. The summed E-state index contributed by atoms with van der Waals surface area (Å²) in [5, 5.41) is 11.3. The van der Waals surface area contributed by atoms with Crippen LogP contribution in [-0.4, -0.2) is 56.0 Å². The number of benzene rings is 2. The SMILES string of the molecule is CN1C(=O)c2ccc(NC(=O)CN(C)S(=O)(=O)c3ccc(C#N)cc3)cc2C1=O. The van der Waals surface area contributed by atoms with E-state index in [1.807, 2.05) is 6.07 Å². The van der Waals surface area contributed by atoms with Gasteiger partial charge in [-0.3, -0.25) is 19.3 Å². The van der Waals surface area contributed by atoms with Gasteiger partial charge in [0.2, 0.25) is 15.9 Å². The van der Waals surface area contributed by atoms with Crippen molar-refractivity contribution >= 4 is 33.4 Å². The van der Waals surface area contributed by atoms with Crippen LogP contribution in [0.2, 0.25) is 0 Å². The predicted molar refractivity (Wildman–Crippen MR) is 102 cm³/mol. The monoisotopic (exact) mass is 412 g/mol. The van der Waals surface area contributed by atoms with Gasteiger partial charge in [0.05, 0.1) is 34.2 Å². The number of likely N-dealkylation sites (N-methyl/N-ethyl adjacent to an activating group) is 1. The standard InChI is InChI=1S/C19H16N4O5S/c1-22(29(27,28)14-6-3-12(10-20)4-7-14)11-17(24)21-13-5-8-15-16(9-13)19(26)23(2)18(15)25/h3-9H,11H2,1-2H3,(H,21,24). The first kappa shape index (κ1) is 20.2. The first-order valence-electron chi connectivity index (χ1n) is 8.38. The number of nitriles is 1. The predicted octanol–water partition coefficient (Wildman–Crippen LogP) is 1.04. The van der Waals surface area contributed by atoms with Crippen LogP contribution in [0.4, 0.5) is 5.69 Å². The van der Waals surface area contributed by atoms with Gasteiger partial charge in [-0.2, -0.15) is 9.57 Å². The van der Waals surface area contributed by atoms with Crippen LogP contribution >= 0.6 is 0 Å². The minimum absolute atomic E-state index is 0.0449. The molecule has 10 heteroatoms. The molecule has 2 aromatic rings. The van der Waals surface area contributed by atoms with Crippen LogP contribution in [0.3, 0.4) is 0 Å². The van der Waals surface area contributed by atoms with E-state index in [1.165, 1.54) is 56.6 Å². The molecule has 2 aromatic carbocycles. The molecule has 0 unspecified atom stereocenters. The third-order valence-corrected chi connectivity index (χ3v) is 6.25. The molecule has 0 bridgehead atoms. The lowest BCUT2D eigenvalue weighted by molar-refractivity contribution is -0.116. The van der Waals surface area contributed by atoms with E-state index in [4.69, 9.17) is 5.26 Å². The maximum absolute atomic E-state index is 12.6. The van der Waals surface area contributed by atoms with E-state index in [0.717, 1.165) is 9.21 Å². The topological polar surface area (TPSA) is 128 Å². The van der Waals surface area contributed by atoms with Crippen LogP contribution in [0.5, 0.6) is 0 Å². The number of nitrogens with one attached hydrogen (secondary N) is 1. The molecule has 0 aromatic heterocycles. The van der Waals surface area contributed by atoms with Gasteiger partial charge < -0.3 is 5.32 Å². The van der Waals surface area contributed by atoms with Gasteiger partial charge in [-0.15, -0.1) is 0 Å². The Hall–Kier alpha value is -3.55. The van der Waals surface area contributed by atoms with Gasteiger partial charge in [0.25, 0.3) is 11.8 Å². The average molecular weight is 412 g/mol. The van der Waals surface area contributed by atoms with Gasteiger partial charge >= 0.3 is 0 Å². The zero-order valence-corrected chi connectivity index (χ0v) is 16.4.